The summed E-state index contributed by atoms with van der Waals surface area (Å²) in [5.74, 6) is -7.27. The highest BCUT2D eigenvalue weighted by molar-refractivity contribution is 5.98. The number of nitrogens with zero attached hydrogens (tertiary/aromatic N) is 1. The Morgan fingerprint density at radius 3 is 2.00 bits per heavy atom. The van der Waals surface area contributed by atoms with Crippen LogP contribution in [0.15, 0.2) is 30.3 Å². The molecular weight excluding hydrogens is 610 g/mol. The summed E-state index contributed by atoms with van der Waals surface area (Å²) < 4.78 is 0. The minimum Gasteiger partial charge on any atom is -0.480 e. The standard InChI is InChI=1S/C28H41N7O11/c1-14(38)22(34-23(40)16(29)12-36)26(43)33-19(13-37)25(42)31-17(11-21(30)39)24(41)32-18(10-15-6-3-2-4-7-15)27(44)35-9-5-8-20(35)28(45)46/h2-4,6-7,14,16-20,22,36-38H,5,8-13,29H2,1H3,(H2,30,39)(H,31,42)(H,32,41)(H,33,43)(H,34,40)(H,45,46)/t14-,16+,17+,18+,19+,20+,22+/m1/s1. The SMILES string of the molecule is C[C@@H](O)[C@H](NC(=O)[C@@H](N)CO)C(=O)N[C@@H](CO)C(=O)N[C@@H](CC(N)=O)C(=O)N[C@@H](Cc1ccccc1)C(=O)N1CCC[C@H]1C(=O)O. The molecule has 1 saturated heterocycles. The number of carbonyl (C=O) groups is 7. The third-order valence-corrected chi connectivity index (χ3v) is 7.17. The number of likely N-dealkylation sites (tertiary alicyclic amines) is 1. The smallest absolute Gasteiger partial charge is 0.326 e. The van der Waals surface area contributed by atoms with Gasteiger partial charge in [-0.3, -0.25) is 28.8 Å². The Labute approximate surface area is 263 Å². The quantitative estimate of drug-likeness (QED) is 0.0756. The second-order valence-electron chi connectivity index (χ2n) is 10.8. The van der Waals surface area contributed by atoms with Gasteiger partial charge in [0.05, 0.1) is 25.7 Å². The highest BCUT2D eigenvalue weighted by atomic mass is 16.4. The average molecular weight is 652 g/mol. The Morgan fingerprint density at radius 1 is 0.870 bits per heavy atom. The van der Waals surface area contributed by atoms with Gasteiger partial charge >= 0.3 is 5.97 Å². The normalized spacial score (nSPS) is 18.2. The van der Waals surface area contributed by atoms with Gasteiger partial charge in [-0.1, -0.05) is 30.3 Å². The first-order valence-corrected chi connectivity index (χ1v) is 14.4. The van der Waals surface area contributed by atoms with Crippen LogP contribution in [-0.2, 0) is 40.0 Å². The van der Waals surface area contributed by atoms with Crippen molar-refractivity contribution in [1.82, 2.24) is 26.2 Å². The van der Waals surface area contributed by atoms with Crippen molar-refractivity contribution in [2.24, 2.45) is 11.5 Å². The molecule has 1 fully saturated rings. The van der Waals surface area contributed by atoms with E-state index in [1.54, 1.807) is 30.3 Å². The molecule has 7 atom stereocenters. The summed E-state index contributed by atoms with van der Waals surface area (Å²) in [6.45, 7) is -0.513. The van der Waals surface area contributed by atoms with Crippen molar-refractivity contribution in [2.75, 3.05) is 19.8 Å². The minimum atomic E-state index is -1.76. The molecule has 0 aliphatic carbocycles. The predicted octanol–water partition coefficient (Wildman–Crippen LogP) is -5.19. The lowest BCUT2D eigenvalue weighted by Gasteiger charge is -2.29. The summed E-state index contributed by atoms with van der Waals surface area (Å²) in [4.78, 5) is 89.5. The van der Waals surface area contributed by atoms with E-state index in [1.807, 2.05) is 0 Å². The van der Waals surface area contributed by atoms with E-state index in [9.17, 15) is 48.9 Å². The molecule has 6 amide bonds. The fourth-order valence-electron chi connectivity index (χ4n) is 4.70. The van der Waals surface area contributed by atoms with Gasteiger partial charge in [-0.25, -0.2) is 4.79 Å². The average Bonchev–Trinajstić information content (AvgIpc) is 3.51. The van der Waals surface area contributed by atoms with Crippen molar-refractivity contribution < 1.29 is 54.0 Å². The largest absolute Gasteiger partial charge is 0.480 e. The summed E-state index contributed by atoms with van der Waals surface area (Å²) in [5, 5.41) is 47.3. The maximum atomic E-state index is 13.5. The van der Waals surface area contributed by atoms with Crippen molar-refractivity contribution in [3.63, 3.8) is 0 Å². The second kappa shape index (κ2) is 17.7. The summed E-state index contributed by atoms with van der Waals surface area (Å²) >= 11 is 0. The van der Waals surface area contributed by atoms with Crippen LogP contribution in [0.1, 0.15) is 31.7 Å². The van der Waals surface area contributed by atoms with E-state index in [0.717, 1.165) is 11.8 Å². The Morgan fingerprint density at radius 2 is 1.46 bits per heavy atom. The lowest BCUT2D eigenvalue weighted by Crippen LogP contribution is -2.62. The number of carboxylic acids is 1. The Balaban J connectivity index is 2.25. The van der Waals surface area contributed by atoms with Gasteiger partial charge in [-0.05, 0) is 25.3 Å². The molecule has 1 aromatic carbocycles. The minimum absolute atomic E-state index is 0.0623. The fourth-order valence-corrected chi connectivity index (χ4v) is 4.70. The van der Waals surface area contributed by atoms with Crippen LogP contribution >= 0.6 is 0 Å². The molecule has 1 aliphatic heterocycles. The second-order valence-corrected chi connectivity index (χ2v) is 10.8. The van der Waals surface area contributed by atoms with Crippen molar-refractivity contribution in [1.29, 1.82) is 0 Å². The molecule has 1 aliphatic rings. The van der Waals surface area contributed by atoms with E-state index in [0.29, 0.717) is 12.0 Å². The molecule has 18 heteroatoms. The highest BCUT2D eigenvalue weighted by Gasteiger charge is 2.39. The molecule has 0 radical (unpaired) electrons. The summed E-state index contributed by atoms with van der Waals surface area (Å²) in [5.41, 5.74) is 11.3. The molecule has 0 bridgehead atoms. The summed E-state index contributed by atoms with van der Waals surface area (Å²) in [7, 11) is 0. The molecule has 18 nitrogen and oxygen atoms in total. The molecule has 12 N–H and O–H groups in total. The number of primary amides is 1. The monoisotopic (exact) mass is 651 g/mol. The van der Waals surface area contributed by atoms with Crippen LogP contribution in [0.2, 0.25) is 0 Å². The van der Waals surface area contributed by atoms with Gasteiger partial charge in [0.25, 0.3) is 0 Å². The highest BCUT2D eigenvalue weighted by Crippen LogP contribution is 2.20. The number of aliphatic carboxylic acids is 1. The number of hydrogen-bond acceptors (Lipinski definition) is 11. The van der Waals surface area contributed by atoms with E-state index in [4.69, 9.17) is 16.6 Å². The Hall–Kier alpha value is -4.65. The van der Waals surface area contributed by atoms with Gasteiger partial charge < -0.3 is 58.1 Å². The zero-order chi connectivity index (χ0) is 34.6. The number of hydrogen-bond donors (Lipinski definition) is 10. The van der Waals surface area contributed by atoms with Gasteiger partial charge in [0, 0.05) is 13.0 Å². The number of aliphatic hydroxyl groups excluding tert-OH is 3. The number of benzene rings is 1. The van der Waals surface area contributed by atoms with Crippen LogP contribution < -0.4 is 32.7 Å². The third-order valence-electron chi connectivity index (χ3n) is 7.17. The number of carbonyl (C=O) groups excluding carboxylic acids is 6. The maximum absolute atomic E-state index is 13.5. The number of carboxylic acid groups (broad SMARTS) is 1. The van der Waals surface area contributed by atoms with Gasteiger partial charge in [0.2, 0.25) is 35.4 Å². The first-order valence-electron chi connectivity index (χ1n) is 14.4. The van der Waals surface area contributed by atoms with Crippen LogP contribution in [0.5, 0.6) is 0 Å². The van der Waals surface area contributed by atoms with Crippen LogP contribution in [0.4, 0.5) is 0 Å². The summed E-state index contributed by atoms with van der Waals surface area (Å²) in [6.07, 6.45) is -1.69. The molecule has 0 spiro atoms. The number of rotatable bonds is 17. The molecule has 0 aromatic heterocycles. The topological polar surface area (TPSA) is 304 Å². The van der Waals surface area contributed by atoms with E-state index < -0.39 is 103 Å². The predicted molar refractivity (Wildman–Crippen MR) is 158 cm³/mol. The maximum Gasteiger partial charge on any atom is 0.326 e. The lowest BCUT2D eigenvalue weighted by atomic mass is 10.0. The number of amides is 6. The fraction of sp³-hybridized carbons (Fsp3) is 0.536. The van der Waals surface area contributed by atoms with E-state index >= 15 is 0 Å². The molecule has 2 rings (SSSR count). The lowest BCUT2D eigenvalue weighted by molar-refractivity contribution is -0.149. The third kappa shape index (κ3) is 10.8. The molecule has 1 heterocycles. The molecule has 0 saturated carbocycles. The van der Waals surface area contributed by atoms with Crippen molar-refractivity contribution >= 4 is 41.4 Å². The van der Waals surface area contributed by atoms with Crippen molar-refractivity contribution in [3.05, 3.63) is 35.9 Å². The van der Waals surface area contributed by atoms with Crippen LogP contribution in [-0.4, -0.2) is 129 Å². The zero-order valence-corrected chi connectivity index (χ0v) is 25.1. The zero-order valence-electron chi connectivity index (χ0n) is 25.1. The van der Waals surface area contributed by atoms with E-state index in [2.05, 4.69) is 21.3 Å². The van der Waals surface area contributed by atoms with E-state index in [-0.39, 0.29) is 19.4 Å². The Kier molecular flexibility index (Phi) is 14.5. The van der Waals surface area contributed by atoms with Crippen molar-refractivity contribution in [3.8, 4) is 0 Å². The molecule has 1 aromatic rings. The molecule has 254 valence electrons. The van der Waals surface area contributed by atoms with Gasteiger partial charge in [-0.15, -0.1) is 0 Å². The van der Waals surface area contributed by atoms with Crippen LogP contribution in [0.25, 0.3) is 0 Å². The van der Waals surface area contributed by atoms with Gasteiger partial charge in [0.1, 0.15) is 36.3 Å². The Bertz CT molecular complexity index is 1260. The van der Waals surface area contributed by atoms with E-state index in [1.165, 1.54) is 0 Å². The number of nitrogens with two attached hydrogens (primary N) is 2. The van der Waals surface area contributed by atoms with Gasteiger partial charge in [0.15, 0.2) is 0 Å². The van der Waals surface area contributed by atoms with Crippen LogP contribution in [0, 0.1) is 0 Å². The van der Waals surface area contributed by atoms with Crippen LogP contribution in [0.3, 0.4) is 0 Å². The summed E-state index contributed by atoms with van der Waals surface area (Å²) in [6, 6.07) is -0.469. The molecule has 46 heavy (non-hydrogen) atoms. The molecule has 0 unspecified atom stereocenters. The number of aliphatic hydroxyl groups is 3. The van der Waals surface area contributed by atoms with Gasteiger partial charge in [-0.2, -0.15) is 0 Å². The first kappa shape index (κ1) is 37.5. The number of nitrogens with one attached hydrogen (secondary N) is 4. The molecular formula is C28H41N7O11. The first-order chi connectivity index (χ1) is 21.7. The van der Waals surface area contributed by atoms with Crippen molar-refractivity contribution in [2.45, 2.75) is 75.0 Å².